The summed E-state index contributed by atoms with van der Waals surface area (Å²) in [6.07, 6.45) is 2.78. The minimum absolute atomic E-state index is 0.125. The summed E-state index contributed by atoms with van der Waals surface area (Å²) in [6, 6.07) is 3.89. The van der Waals surface area contributed by atoms with E-state index in [4.69, 9.17) is 10.5 Å². The lowest BCUT2D eigenvalue weighted by Crippen LogP contribution is -2.23. The van der Waals surface area contributed by atoms with E-state index in [1.807, 2.05) is 26.0 Å². The molecule has 0 saturated carbocycles. The molecular formula is C20H23BrN2O3S. The zero-order chi connectivity index (χ0) is 19.7. The molecule has 3 N–H and O–H groups in total. The third-order valence-corrected chi connectivity index (χ3v) is 6.41. The van der Waals surface area contributed by atoms with Crippen LogP contribution in [-0.4, -0.2) is 18.4 Å². The molecule has 0 spiro atoms. The highest BCUT2D eigenvalue weighted by Gasteiger charge is 2.27. The maximum atomic E-state index is 12.4. The van der Waals surface area contributed by atoms with Crippen LogP contribution in [-0.2, 0) is 17.6 Å². The topological polar surface area (TPSA) is 81.4 Å². The van der Waals surface area contributed by atoms with Crippen LogP contribution < -0.4 is 15.8 Å². The summed E-state index contributed by atoms with van der Waals surface area (Å²) in [6.45, 7) is 5.94. The minimum Gasteiger partial charge on any atom is -0.483 e. The molecule has 27 heavy (non-hydrogen) atoms. The van der Waals surface area contributed by atoms with E-state index >= 15 is 0 Å². The first-order chi connectivity index (χ1) is 12.8. The molecule has 1 aliphatic carbocycles. The number of carbonyl (C=O) groups excluding carboxylic acids is 2. The molecule has 7 heteroatoms. The summed E-state index contributed by atoms with van der Waals surface area (Å²) in [5.41, 5.74) is 8.96. The zero-order valence-corrected chi connectivity index (χ0v) is 18.1. The highest BCUT2D eigenvalue weighted by Crippen LogP contribution is 2.39. The summed E-state index contributed by atoms with van der Waals surface area (Å²) in [5, 5.41) is 3.37. The van der Waals surface area contributed by atoms with Crippen LogP contribution in [0.2, 0.25) is 0 Å². The highest BCUT2D eigenvalue weighted by molar-refractivity contribution is 9.10. The second-order valence-corrected chi connectivity index (χ2v) is 9.15. The third kappa shape index (κ3) is 4.35. The molecule has 1 unspecified atom stereocenters. The monoisotopic (exact) mass is 450 g/mol. The zero-order valence-electron chi connectivity index (χ0n) is 15.6. The minimum atomic E-state index is -0.488. The largest absolute Gasteiger partial charge is 0.483 e. The number of halogens is 1. The van der Waals surface area contributed by atoms with Gasteiger partial charge in [-0.15, -0.1) is 11.3 Å². The number of nitrogens with two attached hydrogens (primary N) is 1. The summed E-state index contributed by atoms with van der Waals surface area (Å²) in [7, 11) is 0. The fraction of sp³-hybridized carbons (Fsp3) is 0.400. The predicted octanol–water partition coefficient (Wildman–Crippen LogP) is 4.37. The molecule has 0 bridgehead atoms. The molecule has 1 aromatic carbocycles. The number of aryl methyl sites for hydroxylation is 2. The molecular weight excluding hydrogens is 428 g/mol. The van der Waals surface area contributed by atoms with Crippen molar-refractivity contribution in [1.29, 1.82) is 0 Å². The van der Waals surface area contributed by atoms with Crippen molar-refractivity contribution in [3.8, 4) is 5.75 Å². The van der Waals surface area contributed by atoms with Crippen molar-refractivity contribution in [2.75, 3.05) is 11.9 Å². The van der Waals surface area contributed by atoms with Gasteiger partial charge in [0.2, 0.25) is 0 Å². The van der Waals surface area contributed by atoms with Crippen molar-refractivity contribution in [2.45, 2.75) is 40.0 Å². The van der Waals surface area contributed by atoms with Crippen LogP contribution in [0.5, 0.6) is 5.75 Å². The second-order valence-electron chi connectivity index (χ2n) is 7.13. The summed E-state index contributed by atoms with van der Waals surface area (Å²) < 4.78 is 6.70. The number of fused-ring (bicyclic) bond motifs is 1. The number of thiophene rings is 1. The van der Waals surface area contributed by atoms with Crippen molar-refractivity contribution in [1.82, 2.24) is 0 Å². The molecule has 1 atom stereocenters. The SMILES string of the molecule is Cc1cc(Br)cc(C)c1OCC(=O)Nc1sc2c(c1C(N)=O)CCC(C)C2. The van der Waals surface area contributed by atoms with Crippen LogP contribution in [0.4, 0.5) is 5.00 Å². The number of anilines is 1. The van der Waals surface area contributed by atoms with Gasteiger partial charge in [-0.2, -0.15) is 0 Å². The Labute approximate surface area is 171 Å². The van der Waals surface area contributed by atoms with Crippen LogP contribution in [0.3, 0.4) is 0 Å². The number of amides is 2. The quantitative estimate of drug-likeness (QED) is 0.709. The number of hydrogen-bond acceptors (Lipinski definition) is 4. The standard InChI is InChI=1S/C20H23BrN2O3S/c1-10-4-5-14-15(6-10)27-20(17(14)19(22)25)23-16(24)9-26-18-11(2)7-13(21)8-12(18)3/h7-8,10H,4-6,9H2,1-3H3,(H2,22,25)(H,23,24). The van der Waals surface area contributed by atoms with E-state index in [0.717, 1.165) is 45.3 Å². The van der Waals surface area contributed by atoms with E-state index in [2.05, 4.69) is 28.2 Å². The van der Waals surface area contributed by atoms with Crippen LogP contribution in [0.1, 0.15) is 45.3 Å². The van der Waals surface area contributed by atoms with Crippen LogP contribution >= 0.6 is 27.3 Å². The lowest BCUT2D eigenvalue weighted by atomic mass is 9.88. The van der Waals surface area contributed by atoms with E-state index in [9.17, 15) is 9.59 Å². The molecule has 0 radical (unpaired) electrons. The van der Waals surface area contributed by atoms with Crippen molar-refractivity contribution in [3.63, 3.8) is 0 Å². The van der Waals surface area contributed by atoms with E-state index in [0.29, 0.717) is 22.2 Å². The number of hydrogen-bond donors (Lipinski definition) is 2. The Balaban J connectivity index is 1.74. The predicted molar refractivity (Wildman–Crippen MR) is 112 cm³/mol. The van der Waals surface area contributed by atoms with Crippen LogP contribution in [0.15, 0.2) is 16.6 Å². The van der Waals surface area contributed by atoms with Gasteiger partial charge in [0, 0.05) is 9.35 Å². The number of ether oxygens (including phenoxy) is 1. The van der Waals surface area contributed by atoms with Crippen molar-refractivity contribution < 1.29 is 14.3 Å². The average molecular weight is 451 g/mol. The van der Waals surface area contributed by atoms with Gasteiger partial charge >= 0.3 is 0 Å². The first-order valence-corrected chi connectivity index (χ1v) is 10.5. The number of carbonyl (C=O) groups is 2. The van der Waals surface area contributed by atoms with Gasteiger partial charge in [0.05, 0.1) is 5.56 Å². The molecule has 1 heterocycles. The Morgan fingerprint density at radius 1 is 1.33 bits per heavy atom. The molecule has 2 amide bonds. The molecule has 0 aliphatic heterocycles. The van der Waals surface area contributed by atoms with Gasteiger partial charge in [0.25, 0.3) is 11.8 Å². The summed E-state index contributed by atoms with van der Waals surface area (Å²) in [4.78, 5) is 25.5. The van der Waals surface area contributed by atoms with E-state index < -0.39 is 5.91 Å². The van der Waals surface area contributed by atoms with Gasteiger partial charge in [0.1, 0.15) is 10.8 Å². The van der Waals surface area contributed by atoms with Gasteiger partial charge in [-0.1, -0.05) is 22.9 Å². The normalized spacial score (nSPS) is 15.9. The maximum absolute atomic E-state index is 12.4. The average Bonchev–Trinajstić information content (AvgIpc) is 2.90. The first-order valence-electron chi connectivity index (χ1n) is 8.90. The van der Waals surface area contributed by atoms with Crippen LogP contribution in [0, 0.1) is 19.8 Å². The molecule has 0 saturated heterocycles. The maximum Gasteiger partial charge on any atom is 0.262 e. The fourth-order valence-electron chi connectivity index (χ4n) is 3.53. The Morgan fingerprint density at radius 3 is 2.63 bits per heavy atom. The molecule has 5 nitrogen and oxygen atoms in total. The summed E-state index contributed by atoms with van der Waals surface area (Å²) in [5.74, 6) is 0.485. The van der Waals surface area contributed by atoms with E-state index in [-0.39, 0.29) is 12.5 Å². The van der Waals surface area contributed by atoms with Gasteiger partial charge in [-0.3, -0.25) is 9.59 Å². The van der Waals surface area contributed by atoms with E-state index in [1.54, 1.807) is 0 Å². The smallest absolute Gasteiger partial charge is 0.262 e. The highest BCUT2D eigenvalue weighted by atomic mass is 79.9. The molecule has 2 aromatic rings. The number of benzene rings is 1. The van der Waals surface area contributed by atoms with Gasteiger partial charge in [0.15, 0.2) is 6.61 Å². The molecule has 0 fully saturated rings. The third-order valence-electron chi connectivity index (χ3n) is 4.78. The number of primary amides is 1. The van der Waals surface area contributed by atoms with Gasteiger partial charge in [-0.05, 0) is 67.9 Å². The Hall–Kier alpha value is -1.86. The fourth-order valence-corrected chi connectivity index (χ4v) is 5.64. The Morgan fingerprint density at radius 2 is 2.00 bits per heavy atom. The molecule has 144 valence electrons. The summed E-state index contributed by atoms with van der Waals surface area (Å²) >= 11 is 4.91. The number of rotatable bonds is 5. The van der Waals surface area contributed by atoms with Crippen molar-refractivity contribution in [3.05, 3.63) is 43.7 Å². The van der Waals surface area contributed by atoms with Gasteiger partial charge < -0.3 is 15.8 Å². The lowest BCUT2D eigenvalue weighted by Gasteiger charge is -2.18. The van der Waals surface area contributed by atoms with Gasteiger partial charge in [-0.25, -0.2) is 0 Å². The van der Waals surface area contributed by atoms with E-state index in [1.165, 1.54) is 11.3 Å². The second kappa shape index (κ2) is 8.02. The molecule has 3 rings (SSSR count). The first kappa shape index (κ1) is 19.9. The van der Waals surface area contributed by atoms with Crippen molar-refractivity contribution in [2.24, 2.45) is 11.7 Å². The van der Waals surface area contributed by atoms with Crippen molar-refractivity contribution >= 4 is 44.1 Å². The number of nitrogens with one attached hydrogen (secondary N) is 1. The Bertz CT molecular complexity index is 884. The molecule has 1 aromatic heterocycles. The molecule has 1 aliphatic rings. The van der Waals surface area contributed by atoms with Crippen LogP contribution in [0.25, 0.3) is 0 Å². The lowest BCUT2D eigenvalue weighted by molar-refractivity contribution is -0.118. The Kier molecular flexibility index (Phi) is 5.91.